The molecule has 1 saturated heterocycles. The Hall–Kier alpha value is -2.98. The van der Waals surface area contributed by atoms with Gasteiger partial charge in [0.1, 0.15) is 11.5 Å². The molecule has 0 radical (unpaired) electrons. The van der Waals surface area contributed by atoms with Gasteiger partial charge in [-0.15, -0.1) is 0 Å². The van der Waals surface area contributed by atoms with E-state index in [0.29, 0.717) is 35.1 Å². The van der Waals surface area contributed by atoms with E-state index >= 15 is 0 Å². The number of hydrogen-bond acceptors (Lipinski definition) is 5. The van der Waals surface area contributed by atoms with Crippen LogP contribution in [-0.2, 0) is 10.4 Å². The van der Waals surface area contributed by atoms with Gasteiger partial charge < -0.3 is 24.4 Å². The van der Waals surface area contributed by atoms with E-state index in [1.165, 1.54) is 17.0 Å². The number of alkyl halides is 3. The van der Waals surface area contributed by atoms with Crippen LogP contribution in [0.15, 0.2) is 42.5 Å². The lowest BCUT2D eigenvalue weighted by atomic mass is 9.74. The number of hydrogen-bond donors (Lipinski definition) is 1. The summed E-state index contributed by atoms with van der Waals surface area (Å²) in [5.41, 5.74) is -3.79. The number of ether oxygens (including phenoxy) is 2. The van der Waals surface area contributed by atoms with Crippen molar-refractivity contribution in [1.82, 2.24) is 9.80 Å². The van der Waals surface area contributed by atoms with Crippen molar-refractivity contribution in [2.45, 2.75) is 56.9 Å². The molecule has 2 aromatic carbocycles. The summed E-state index contributed by atoms with van der Waals surface area (Å²) in [7, 11) is 3.32. The van der Waals surface area contributed by atoms with Crippen molar-refractivity contribution in [2.75, 3.05) is 33.8 Å². The van der Waals surface area contributed by atoms with Crippen LogP contribution in [0.4, 0.5) is 13.2 Å². The Kier molecular flexibility index (Phi) is 9.43. The summed E-state index contributed by atoms with van der Waals surface area (Å²) in [4.78, 5) is 27.9. The lowest BCUT2D eigenvalue weighted by Gasteiger charge is -2.41. The molecule has 41 heavy (non-hydrogen) atoms. The SMILES string of the molecule is CCOc1cccc([C@@](O)(C(=O)N2CCC(CC3CC(Oc4ccc(C(=O)N(C)C)c(Cl)c4)C3)CC2)C(F)(F)F)c1. The Labute approximate surface area is 243 Å². The lowest BCUT2D eigenvalue weighted by Crippen LogP contribution is -2.57. The number of piperidine rings is 1. The molecule has 0 bridgehead atoms. The second kappa shape index (κ2) is 12.5. The van der Waals surface area contributed by atoms with Crippen molar-refractivity contribution < 1.29 is 37.3 Å². The predicted molar refractivity (Wildman–Crippen MR) is 148 cm³/mol. The van der Waals surface area contributed by atoms with Gasteiger partial charge in [0, 0.05) is 32.7 Å². The van der Waals surface area contributed by atoms with Gasteiger partial charge in [0.15, 0.2) is 0 Å². The van der Waals surface area contributed by atoms with Crippen molar-refractivity contribution in [3.8, 4) is 11.5 Å². The van der Waals surface area contributed by atoms with Gasteiger partial charge in [-0.2, -0.15) is 13.2 Å². The minimum absolute atomic E-state index is 0.0300. The molecular formula is C30H36ClF3N2O5. The topological polar surface area (TPSA) is 79.3 Å². The van der Waals surface area contributed by atoms with E-state index in [-0.39, 0.29) is 43.4 Å². The van der Waals surface area contributed by atoms with Crippen LogP contribution >= 0.6 is 11.6 Å². The van der Waals surface area contributed by atoms with Crippen molar-refractivity contribution in [3.05, 3.63) is 58.6 Å². The maximum atomic E-state index is 14.1. The van der Waals surface area contributed by atoms with Crippen LogP contribution in [-0.4, -0.2) is 72.8 Å². The van der Waals surface area contributed by atoms with Crippen LogP contribution in [0.2, 0.25) is 5.02 Å². The van der Waals surface area contributed by atoms with Crippen molar-refractivity contribution in [3.63, 3.8) is 0 Å². The second-order valence-electron chi connectivity index (χ2n) is 11.1. The molecule has 0 aromatic heterocycles. The van der Waals surface area contributed by atoms with Gasteiger partial charge in [-0.25, -0.2) is 0 Å². The first-order chi connectivity index (χ1) is 19.3. The Morgan fingerprint density at radius 3 is 2.32 bits per heavy atom. The van der Waals surface area contributed by atoms with Crippen molar-refractivity contribution in [1.29, 1.82) is 0 Å². The first-order valence-corrected chi connectivity index (χ1v) is 14.2. The van der Waals surface area contributed by atoms with Gasteiger partial charge in [0.2, 0.25) is 0 Å². The number of nitrogens with zero attached hydrogens (tertiary/aromatic N) is 2. The molecule has 1 aliphatic heterocycles. The quantitative estimate of drug-likeness (QED) is 0.403. The normalized spacial score (nSPS) is 21.0. The van der Waals surface area contributed by atoms with Gasteiger partial charge in [-0.3, -0.25) is 9.59 Å². The molecule has 224 valence electrons. The van der Waals surface area contributed by atoms with E-state index in [4.69, 9.17) is 21.1 Å². The number of halogens is 4. The van der Waals surface area contributed by atoms with Crippen LogP contribution < -0.4 is 9.47 Å². The van der Waals surface area contributed by atoms with Gasteiger partial charge in [0.25, 0.3) is 17.4 Å². The molecular weight excluding hydrogens is 561 g/mol. The van der Waals surface area contributed by atoms with E-state index < -0.39 is 23.2 Å². The zero-order valence-electron chi connectivity index (χ0n) is 23.4. The molecule has 2 amide bonds. The Balaban J connectivity index is 1.28. The van der Waals surface area contributed by atoms with Crippen LogP contribution in [0.25, 0.3) is 0 Å². The minimum Gasteiger partial charge on any atom is -0.494 e. The third-order valence-electron chi connectivity index (χ3n) is 7.92. The average Bonchev–Trinajstić information content (AvgIpc) is 2.90. The standard InChI is InChI=1S/C30H36ClF3N2O5/c1-4-40-22-7-5-6-21(17-22)29(39,30(32,33)34)28(38)36-12-10-19(11-13-36)14-20-15-24(16-20)41-23-8-9-25(26(31)18-23)27(37)35(2)3/h5-9,17-20,24,39H,4,10-16H2,1-3H3/t20?,24?,29-/m1/s1. The number of carbonyl (C=O) groups is 2. The van der Waals surface area contributed by atoms with E-state index in [1.807, 2.05) is 0 Å². The maximum absolute atomic E-state index is 14.1. The number of rotatable bonds is 9. The monoisotopic (exact) mass is 596 g/mol. The number of benzene rings is 2. The molecule has 7 nitrogen and oxygen atoms in total. The molecule has 4 rings (SSSR count). The number of carbonyl (C=O) groups excluding carboxylic acids is 2. The van der Waals surface area contributed by atoms with E-state index in [9.17, 15) is 27.9 Å². The Morgan fingerprint density at radius 1 is 1.05 bits per heavy atom. The van der Waals surface area contributed by atoms with Gasteiger partial charge >= 0.3 is 6.18 Å². The summed E-state index contributed by atoms with van der Waals surface area (Å²) in [5.74, 6) is -0.0872. The predicted octanol–water partition coefficient (Wildman–Crippen LogP) is 5.68. The Morgan fingerprint density at radius 2 is 1.73 bits per heavy atom. The maximum Gasteiger partial charge on any atom is 0.430 e. The second-order valence-corrected chi connectivity index (χ2v) is 11.5. The van der Waals surface area contributed by atoms with E-state index in [2.05, 4.69) is 0 Å². The summed E-state index contributed by atoms with van der Waals surface area (Å²) >= 11 is 6.27. The molecule has 1 aliphatic carbocycles. The highest BCUT2D eigenvalue weighted by Crippen LogP contribution is 2.43. The molecule has 0 spiro atoms. The van der Waals surface area contributed by atoms with Crippen molar-refractivity contribution in [2.24, 2.45) is 11.8 Å². The molecule has 1 N–H and O–H groups in total. The van der Waals surface area contributed by atoms with Crippen molar-refractivity contribution >= 4 is 23.4 Å². The molecule has 11 heteroatoms. The van der Waals surface area contributed by atoms with E-state index in [1.54, 1.807) is 39.2 Å². The van der Waals surface area contributed by atoms with Crippen LogP contribution in [0.3, 0.4) is 0 Å². The third kappa shape index (κ3) is 6.75. The third-order valence-corrected chi connectivity index (χ3v) is 8.24. The summed E-state index contributed by atoms with van der Waals surface area (Å²) in [6.45, 7) is 2.23. The largest absolute Gasteiger partial charge is 0.494 e. The van der Waals surface area contributed by atoms with Crippen LogP contribution in [0, 0.1) is 11.8 Å². The van der Waals surface area contributed by atoms with Crippen LogP contribution in [0.1, 0.15) is 54.9 Å². The zero-order valence-corrected chi connectivity index (χ0v) is 24.2. The van der Waals surface area contributed by atoms with Gasteiger partial charge in [-0.1, -0.05) is 23.7 Å². The first-order valence-electron chi connectivity index (χ1n) is 13.8. The highest BCUT2D eigenvalue weighted by Gasteiger charge is 2.62. The summed E-state index contributed by atoms with van der Waals surface area (Å²) in [6.07, 6.45) is -1.44. The van der Waals surface area contributed by atoms with Gasteiger partial charge in [-0.05, 0) is 81.2 Å². The smallest absolute Gasteiger partial charge is 0.430 e. The molecule has 1 atom stereocenters. The molecule has 2 aliphatic rings. The summed E-state index contributed by atoms with van der Waals surface area (Å²) in [5, 5.41) is 11.1. The first kappa shape index (κ1) is 31.0. The number of aliphatic hydroxyl groups is 1. The minimum atomic E-state index is -5.20. The average molecular weight is 597 g/mol. The molecule has 1 saturated carbocycles. The molecule has 2 fully saturated rings. The highest BCUT2D eigenvalue weighted by molar-refractivity contribution is 6.34. The fraction of sp³-hybridized carbons (Fsp3) is 0.533. The van der Waals surface area contributed by atoms with Crippen LogP contribution in [0.5, 0.6) is 11.5 Å². The molecule has 2 aromatic rings. The van der Waals surface area contributed by atoms with E-state index in [0.717, 1.165) is 36.3 Å². The summed E-state index contributed by atoms with van der Waals surface area (Å²) in [6, 6.07) is 10.0. The fourth-order valence-corrected chi connectivity index (χ4v) is 5.85. The zero-order chi connectivity index (χ0) is 29.9. The Bertz CT molecular complexity index is 1240. The summed E-state index contributed by atoms with van der Waals surface area (Å²) < 4.78 is 53.7. The molecule has 1 heterocycles. The lowest BCUT2D eigenvalue weighted by molar-refractivity contribution is -0.262. The fourth-order valence-electron chi connectivity index (χ4n) is 5.60. The number of likely N-dealkylation sites (tertiary alicyclic amines) is 1. The number of amides is 2. The molecule has 0 unspecified atom stereocenters. The van der Waals surface area contributed by atoms with Gasteiger partial charge in [0.05, 0.1) is 23.3 Å². The highest BCUT2D eigenvalue weighted by atomic mass is 35.5.